The number of anilines is 2. The lowest BCUT2D eigenvalue weighted by atomic mass is 10.0. The van der Waals surface area contributed by atoms with Gasteiger partial charge in [0, 0.05) is 18.4 Å². The first kappa shape index (κ1) is 9.29. The molecule has 0 N–H and O–H groups in total. The Bertz CT molecular complexity index is 536. The third-order valence-electron chi connectivity index (χ3n) is 4.19. The standard InChI is InChI=1S/C16H15N/c1-17-15-8-4-2-6-11(15)13-10-14(13)12-7-3-5-9-16(12)17/h2-9,13-14H,10H2,1H3. The Balaban J connectivity index is 1.99. The smallest absolute Gasteiger partial charge is 0.0443 e. The lowest BCUT2D eigenvalue weighted by Gasteiger charge is -2.22. The molecule has 1 heteroatoms. The lowest BCUT2D eigenvalue weighted by Crippen LogP contribution is -2.11. The molecule has 0 bridgehead atoms. The van der Waals surface area contributed by atoms with Crippen LogP contribution in [0.4, 0.5) is 11.4 Å². The molecule has 1 saturated carbocycles. The summed E-state index contributed by atoms with van der Waals surface area (Å²) >= 11 is 0. The predicted molar refractivity (Wildman–Crippen MR) is 71.0 cm³/mol. The van der Waals surface area contributed by atoms with Gasteiger partial charge in [0.1, 0.15) is 0 Å². The summed E-state index contributed by atoms with van der Waals surface area (Å²) in [4.78, 5) is 2.34. The van der Waals surface area contributed by atoms with Gasteiger partial charge in [0.2, 0.25) is 0 Å². The quantitative estimate of drug-likeness (QED) is 0.649. The highest BCUT2D eigenvalue weighted by atomic mass is 15.1. The number of rotatable bonds is 0. The first-order valence-corrected chi connectivity index (χ1v) is 6.28. The fraction of sp³-hybridized carbons (Fsp3) is 0.250. The zero-order valence-electron chi connectivity index (χ0n) is 9.93. The Morgan fingerprint density at radius 3 is 1.82 bits per heavy atom. The molecule has 1 fully saturated rings. The summed E-state index contributed by atoms with van der Waals surface area (Å²) < 4.78 is 0. The van der Waals surface area contributed by atoms with E-state index in [1.54, 1.807) is 0 Å². The van der Waals surface area contributed by atoms with Crippen molar-refractivity contribution in [2.45, 2.75) is 18.3 Å². The molecular formula is C16H15N. The molecule has 2 aliphatic rings. The van der Waals surface area contributed by atoms with Gasteiger partial charge in [-0.3, -0.25) is 0 Å². The highest BCUT2D eigenvalue weighted by Gasteiger charge is 2.44. The monoisotopic (exact) mass is 221 g/mol. The van der Waals surface area contributed by atoms with Crippen LogP contribution >= 0.6 is 0 Å². The summed E-state index contributed by atoms with van der Waals surface area (Å²) in [5, 5.41) is 0. The second-order valence-corrected chi connectivity index (χ2v) is 5.13. The van der Waals surface area contributed by atoms with E-state index in [2.05, 4.69) is 60.5 Å². The second kappa shape index (κ2) is 3.13. The van der Waals surface area contributed by atoms with Crippen LogP contribution in [0.1, 0.15) is 29.4 Å². The highest BCUT2D eigenvalue weighted by molar-refractivity contribution is 5.74. The number of hydrogen-bond acceptors (Lipinski definition) is 1. The van der Waals surface area contributed by atoms with Gasteiger partial charge in [0.15, 0.2) is 0 Å². The van der Waals surface area contributed by atoms with Gasteiger partial charge in [0.05, 0.1) is 0 Å². The van der Waals surface area contributed by atoms with Crippen LogP contribution in [0.15, 0.2) is 48.5 Å². The molecule has 84 valence electrons. The number of hydrogen-bond donors (Lipinski definition) is 0. The minimum absolute atomic E-state index is 0.747. The maximum absolute atomic E-state index is 2.34. The number of nitrogens with zero attached hydrogens (tertiary/aromatic N) is 1. The zero-order chi connectivity index (χ0) is 11.4. The number of para-hydroxylation sites is 2. The molecule has 2 aromatic rings. The minimum atomic E-state index is 0.747. The van der Waals surface area contributed by atoms with Crippen LogP contribution in [0.3, 0.4) is 0 Å². The van der Waals surface area contributed by atoms with Crippen LogP contribution in [0, 0.1) is 0 Å². The van der Waals surface area contributed by atoms with E-state index in [-0.39, 0.29) is 0 Å². The normalized spacial score (nSPS) is 24.4. The van der Waals surface area contributed by atoms with Crippen molar-refractivity contribution in [1.82, 2.24) is 0 Å². The maximum Gasteiger partial charge on any atom is 0.0443 e. The van der Waals surface area contributed by atoms with E-state index in [4.69, 9.17) is 0 Å². The van der Waals surface area contributed by atoms with Crippen molar-refractivity contribution < 1.29 is 0 Å². The van der Waals surface area contributed by atoms with Crippen molar-refractivity contribution >= 4 is 11.4 Å². The molecule has 17 heavy (non-hydrogen) atoms. The maximum atomic E-state index is 2.34. The van der Waals surface area contributed by atoms with Gasteiger partial charge in [-0.2, -0.15) is 0 Å². The van der Waals surface area contributed by atoms with Crippen molar-refractivity contribution in [3.05, 3.63) is 59.7 Å². The third kappa shape index (κ3) is 1.20. The second-order valence-electron chi connectivity index (χ2n) is 5.13. The van der Waals surface area contributed by atoms with E-state index in [1.165, 1.54) is 28.9 Å². The zero-order valence-corrected chi connectivity index (χ0v) is 9.93. The summed E-state index contributed by atoms with van der Waals surface area (Å²) in [5.74, 6) is 1.49. The molecule has 1 aliphatic heterocycles. The number of benzene rings is 2. The van der Waals surface area contributed by atoms with Gasteiger partial charge in [-0.05, 0) is 41.5 Å². The van der Waals surface area contributed by atoms with E-state index in [0.29, 0.717) is 0 Å². The lowest BCUT2D eigenvalue weighted by molar-refractivity contribution is 1.05. The molecule has 0 radical (unpaired) electrons. The van der Waals surface area contributed by atoms with E-state index in [1.807, 2.05) is 0 Å². The SMILES string of the molecule is CN1c2ccccc2C2CC2c2ccccc21. The molecule has 1 nitrogen and oxygen atoms in total. The molecule has 0 saturated heterocycles. The largest absolute Gasteiger partial charge is 0.344 e. The molecule has 2 atom stereocenters. The summed E-state index contributed by atoms with van der Waals surface area (Å²) in [6, 6.07) is 17.7. The van der Waals surface area contributed by atoms with E-state index >= 15 is 0 Å². The van der Waals surface area contributed by atoms with Crippen LogP contribution < -0.4 is 4.90 Å². The van der Waals surface area contributed by atoms with Crippen LogP contribution in [0.2, 0.25) is 0 Å². The number of fused-ring (bicyclic) bond motifs is 5. The Kier molecular flexibility index (Phi) is 1.71. The van der Waals surface area contributed by atoms with E-state index < -0.39 is 0 Å². The Morgan fingerprint density at radius 2 is 1.29 bits per heavy atom. The fourth-order valence-electron chi connectivity index (χ4n) is 3.23. The third-order valence-corrected chi connectivity index (χ3v) is 4.19. The van der Waals surface area contributed by atoms with Gasteiger partial charge in [-0.1, -0.05) is 36.4 Å². The van der Waals surface area contributed by atoms with Crippen molar-refractivity contribution in [3.63, 3.8) is 0 Å². The predicted octanol–water partition coefficient (Wildman–Crippen LogP) is 4.04. The molecule has 1 heterocycles. The van der Waals surface area contributed by atoms with Crippen molar-refractivity contribution in [3.8, 4) is 0 Å². The molecule has 0 amide bonds. The molecular weight excluding hydrogens is 206 g/mol. The van der Waals surface area contributed by atoms with Crippen LogP contribution in [0.25, 0.3) is 0 Å². The van der Waals surface area contributed by atoms with Crippen molar-refractivity contribution in [2.24, 2.45) is 0 Å². The first-order chi connectivity index (χ1) is 8.36. The summed E-state index contributed by atoms with van der Waals surface area (Å²) in [6.07, 6.45) is 1.32. The van der Waals surface area contributed by atoms with Gasteiger partial charge in [0.25, 0.3) is 0 Å². The fourth-order valence-corrected chi connectivity index (χ4v) is 3.23. The van der Waals surface area contributed by atoms with E-state index in [0.717, 1.165) is 11.8 Å². The molecule has 2 unspecified atom stereocenters. The Morgan fingerprint density at radius 1 is 0.824 bits per heavy atom. The summed E-state index contributed by atoms with van der Waals surface area (Å²) in [7, 11) is 2.18. The van der Waals surface area contributed by atoms with Gasteiger partial charge in [-0.15, -0.1) is 0 Å². The van der Waals surface area contributed by atoms with Crippen molar-refractivity contribution in [2.75, 3.05) is 11.9 Å². The van der Waals surface area contributed by atoms with Gasteiger partial charge in [-0.25, -0.2) is 0 Å². The minimum Gasteiger partial charge on any atom is -0.344 e. The van der Waals surface area contributed by atoms with Crippen LogP contribution in [-0.4, -0.2) is 7.05 Å². The summed E-state index contributed by atoms with van der Waals surface area (Å²) in [6.45, 7) is 0. The van der Waals surface area contributed by atoms with Gasteiger partial charge >= 0.3 is 0 Å². The average molecular weight is 221 g/mol. The summed E-state index contributed by atoms with van der Waals surface area (Å²) in [5.41, 5.74) is 5.81. The molecule has 1 aliphatic carbocycles. The Labute approximate surface area is 102 Å². The topological polar surface area (TPSA) is 3.24 Å². The van der Waals surface area contributed by atoms with Crippen LogP contribution in [0.5, 0.6) is 0 Å². The average Bonchev–Trinajstić information content (AvgIpc) is 3.18. The molecule has 4 rings (SSSR count). The highest BCUT2D eigenvalue weighted by Crippen LogP contribution is 2.61. The Hall–Kier alpha value is -1.76. The van der Waals surface area contributed by atoms with Crippen molar-refractivity contribution in [1.29, 1.82) is 0 Å². The van der Waals surface area contributed by atoms with Crippen LogP contribution in [-0.2, 0) is 0 Å². The molecule has 2 aromatic carbocycles. The molecule has 0 aromatic heterocycles. The van der Waals surface area contributed by atoms with E-state index in [9.17, 15) is 0 Å². The molecule has 0 spiro atoms. The first-order valence-electron chi connectivity index (χ1n) is 6.28. The van der Waals surface area contributed by atoms with Gasteiger partial charge < -0.3 is 4.90 Å².